The first-order chi connectivity index (χ1) is 13.2. The summed E-state index contributed by atoms with van der Waals surface area (Å²) in [4.78, 5) is 6.84. The topological polar surface area (TPSA) is 21.1 Å². The molecule has 0 N–H and O–H groups in total. The van der Waals surface area contributed by atoms with Crippen LogP contribution in [0.5, 0.6) is 0 Å². The van der Waals surface area contributed by atoms with Gasteiger partial charge in [-0.2, -0.15) is 0 Å². The van der Waals surface area contributed by atoms with E-state index in [9.17, 15) is 8.78 Å². The summed E-state index contributed by atoms with van der Waals surface area (Å²) >= 11 is 0. The lowest BCUT2D eigenvalue weighted by molar-refractivity contribution is 0.167. The summed E-state index contributed by atoms with van der Waals surface area (Å²) in [5.41, 5.74) is 1.96. The maximum Gasteiger partial charge on any atom is 0.159 e. The Morgan fingerprint density at radius 1 is 0.963 bits per heavy atom. The summed E-state index contributed by atoms with van der Waals surface area (Å²) in [7, 11) is 0. The van der Waals surface area contributed by atoms with Crippen LogP contribution in [-0.4, -0.2) is 27.5 Å². The van der Waals surface area contributed by atoms with Gasteiger partial charge in [0.1, 0.15) is 5.82 Å². The Morgan fingerprint density at radius 3 is 2.48 bits per heavy atom. The molecule has 0 bridgehead atoms. The van der Waals surface area contributed by atoms with Crippen molar-refractivity contribution in [3.63, 3.8) is 0 Å². The zero-order chi connectivity index (χ0) is 18.6. The Balaban J connectivity index is 1.34. The van der Waals surface area contributed by atoms with Gasteiger partial charge in [0, 0.05) is 31.0 Å². The molecular formula is C22H23F2N3. The molecule has 1 aliphatic heterocycles. The van der Waals surface area contributed by atoms with Crippen molar-refractivity contribution in [1.82, 2.24) is 14.5 Å². The largest absolute Gasteiger partial charge is 0.331 e. The van der Waals surface area contributed by atoms with Gasteiger partial charge in [0.25, 0.3) is 0 Å². The minimum absolute atomic E-state index is 0.600. The van der Waals surface area contributed by atoms with Crippen LogP contribution in [0, 0.1) is 17.6 Å². The van der Waals surface area contributed by atoms with E-state index in [0.717, 1.165) is 49.4 Å². The molecule has 5 heteroatoms. The second-order valence-electron chi connectivity index (χ2n) is 7.24. The molecule has 0 radical (unpaired) electrons. The third-order valence-corrected chi connectivity index (χ3v) is 5.30. The number of benzene rings is 2. The van der Waals surface area contributed by atoms with Crippen molar-refractivity contribution in [3.8, 4) is 11.4 Å². The van der Waals surface area contributed by atoms with Crippen LogP contribution in [0.15, 0.2) is 60.9 Å². The lowest BCUT2D eigenvalue weighted by atomic mass is 9.96. The fraction of sp³-hybridized carbons (Fsp3) is 0.318. The third kappa shape index (κ3) is 4.25. The highest BCUT2D eigenvalue weighted by Crippen LogP contribution is 2.24. The SMILES string of the molecule is Fc1ccc(CN2CCC(Cn3ccnc3-c3ccccc3)CC2)cc1F. The second kappa shape index (κ2) is 8.01. The highest BCUT2D eigenvalue weighted by Gasteiger charge is 2.21. The van der Waals surface area contributed by atoms with Crippen molar-refractivity contribution in [1.29, 1.82) is 0 Å². The molecule has 0 aliphatic carbocycles. The predicted molar refractivity (Wildman–Crippen MR) is 102 cm³/mol. The van der Waals surface area contributed by atoms with Gasteiger partial charge in [0.2, 0.25) is 0 Å². The minimum Gasteiger partial charge on any atom is -0.331 e. The molecule has 2 heterocycles. The predicted octanol–water partition coefficient (Wildman–Crippen LogP) is 4.74. The molecule has 1 aliphatic rings. The van der Waals surface area contributed by atoms with Gasteiger partial charge in [-0.1, -0.05) is 36.4 Å². The van der Waals surface area contributed by atoms with Crippen LogP contribution >= 0.6 is 0 Å². The molecule has 140 valence electrons. The number of hydrogen-bond acceptors (Lipinski definition) is 2. The van der Waals surface area contributed by atoms with Crippen molar-refractivity contribution in [2.45, 2.75) is 25.9 Å². The molecule has 1 aromatic heterocycles. The average Bonchev–Trinajstić information content (AvgIpc) is 3.15. The molecule has 3 nitrogen and oxygen atoms in total. The lowest BCUT2D eigenvalue weighted by Gasteiger charge is -2.32. The molecule has 0 atom stereocenters. The number of rotatable bonds is 5. The first kappa shape index (κ1) is 17.9. The van der Waals surface area contributed by atoms with E-state index in [1.54, 1.807) is 6.07 Å². The Kier molecular flexibility index (Phi) is 5.30. The fourth-order valence-corrected chi connectivity index (χ4v) is 3.81. The van der Waals surface area contributed by atoms with Crippen molar-refractivity contribution in [2.75, 3.05) is 13.1 Å². The number of likely N-dealkylation sites (tertiary alicyclic amines) is 1. The monoisotopic (exact) mass is 367 g/mol. The first-order valence-corrected chi connectivity index (χ1v) is 9.42. The van der Waals surface area contributed by atoms with E-state index in [1.807, 2.05) is 24.4 Å². The highest BCUT2D eigenvalue weighted by atomic mass is 19.2. The van der Waals surface area contributed by atoms with Crippen molar-refractivity contribution >= 4 is 0 Å². The van der Waals surface area contributed by atoms with Crippen LogP contribution in [0.2, 0.25) is 0 Å². The normalized spacial score (nSPS) is 15.9. The zero-order valence-corrected chi connectivity index (χ0v) is 15.2. The summed E-state index contributed by atoms with van der Waals surface area (Å²) in [5, 5.41) is 0. The summed E-state index contributed by atoms with van der Waals surface area (Å²) in [6.45, 7) is 3.57. The van der Waals surface area contributed by atoms with Crippen LogP contribution in [0.3, 0.4) is 0 Å². The molecule has 1 saturated heterocycles. The van der Waals surface area contributed by atoms with E-state index in [1.165, 1.54) is 12.1 Å². The standard InChI is InChI=1S/C22H23F2N3/c23-20-7-6-18(14-21(20)24)15-26-11-8-17(9-12-26)16-27-13-10-25-22(27)19-4-2-1-3-5-19/h1-7,10,13-14,17H,8-9,11-12,15-16H2. The Morgan fingerprint density at radius 2 is 1.74 bits per heavy atom. The minimum atomic E-state index is -0.785. The molecule has 0 amide bonds. The Labute approximate surface area is 158 Å². The lowest BCUT2D eigenvalue weighted by Crippen LogP contribution is -2.34. The number of nitrogens with zero attached hydrogens (tertiary/aromatic N) is 3. The van der Waals surface area contributed by atoms with E-state index in [-0.39, 0.29) is 0 Å². The van der Waals surface area contributed by atoms with Crippen molar-refractivity contribution in [2.24, 2.45) is 5.92 Å². The molecular weight excluding hydrogens is 344 g/mol. The number of hydrogen-bond donors (Lipinski definition) is 0. The van der Waals surface area contributed by atoms with Gasteiger partial charge in [0.15, 0.2) is 11.6 Å². The van der Waals surface area contributed by atoms with Crippen LogP contribution < -0.4 is 0 Å². The third-order valence-electron chi connectivity index (χ3n) is 5.30. The zero-order valence-electron chi connectivity index (χ0n) is 15.2. The van der Waals surface area contributed by atoms with Crippen LogP contribution in [0.25, 0.3) is 11.4 Å². The van der Waals surface area contributed by atoms with E-state index < -0.39 is 11.6 Å². The summed E-state index contributed by atoms with van der Waals surface area (Å²) in [6, 6.07) is 14.4. The number of aromatic nitrogens is 2. The fourth-order valence-electron chi connectivity index (χ4n) is 3.81. The first-order valence-electron chi connectivity index (χ1n) is 9.42. The van der Waals surface area contributed by atoms with E-state index in [2.05, 4.69) is 32.8 Å². The van der Waals surface area contributed by atoms with Gasteiger partial charge in [-0.25, -0.2) is 13.8 Å². The van der Waals surface area contributed by atoms with Gasteiger partial charge < -0.3 is 4.57 Å². The summed E-state index contributed by atoms with van der Waals surface area (Å²) in [5.74, 6) is 0.0608. The van der Waals surface area contributed by atoms with Crippen LogP contribution in [0.4, 0.5) is 8.78 Å². The smallest absolute Gasteiger partial charge is 0.159 e. The van der Waals surface area contributed by atoms with Crippen LogP contribution in [-0.2, 0) is 13.1 Å². The van der Waals surface area contributed by atoms with E-state index in [0.29, 0.717) is 12.5 Å². The van der Waals surface area contributed by atoms with E-state index >= 15 is 0 Å². The molecule has 1 fully saturated rings. The molecule has 0 unspecified atom stereocenters. The summed E-state index contributed by atoms with van der Waals surface area (Å²) < 4.78 is 28.7. The van der Waals surface area contributed by atoms with Gasteiger partial charge in [-0.15, -0.1) is 0 Å². The maximum absolute atomic E-state index is 13.4. The van der Waals surface area contributed by atoms with Crippen LogP contribution in [0.1, 0.15) is 18.4 Å². The Hall–Kier alpha value is -2.53. The molecule has 4 rings (SSSR count). The highest BCUT2D eigenvalue weighted by molar-refractivity contribution is 5.55. The summed E-state index contributed by atoms with van der Waals surface area (Å²) in [6.07, 6.45) is 6.10. The second-order valence-corrected chi connectivity index (χ2v) is 7.24. The van der Waals surface area contributed by atoms with Gasteiger partial charge in [-0.05, 0) is 49.5 Å². The quantitative estimate of drug-likeness (QED) is 0.649. The maximum atomic E-state index is 13.4. The average molecular weight is 367 g/mol. The molecule has 0 saturated carbocycles. The van der Waals surface area contributed by atoms with Crippen molar-refractivity contribution < 1.29 is 8.78 Å². The number of imidazole rings is 1. The Bertz CT molecular complexity index is 884. The van der Waals surface area contributed by atoms with Gasteiger partial charge >= 0.3 is 0 Å². The molecule has 2 aromatic carbocycles. The number of piperidine rings is 1. The molecule has 27 heavy (non-hydrogen) atoms. The van der Waals surface area contributed by atoms with Crippen molar-refractivity contribution in [3.05, 3.63) is 78.1 Å². The van der Waals surface area contributed by atoms with Gasteiger partial charge in [-0.3, -0.25) is 4.90 Å². The molecule has 0 spiro atoms. The van der Waals surface area contributed by atoms with E-state index in [4.69, 9.17) is 0 Å². The number of halogens is 2. The molecule has 3 aromatic rings. The van der Waals surface area contributed by atoms with Gasteiger partial charge in [0.05, 0.1) is 0 Å².